The molecule has 0 unspecified atom stereocenters. The number of ether oxygens (including phenoxy) is 1. The fraction of sp³-hybridized carbons (Fsp3) is 0.379. The predicted molar refractivity (Wildman–Crippen MR) is 164 cm³/mol. The van der Waals surface area contributed by atoms with Crippen molar-refractivity contribution in [1.29, 1.82) is 0 Å². The highest BCUT2D eigenvalue weighted by molar-refractivity contribution is 9.10. The number of carboxylic acid groups (broad SMARTS) is 3. The zero-order valence-electron chi connectivity index (χ0n) is 23.5. The molecule has 3 N–H and O–H groups in total. The van der Waals surface area contributed by atoms with Crippen molar-refractivity contribution < 1.29 is 39.2 Å². The summed E-state index contributed by atoms with van der Waals surface area (Å²) in [5.41, 5.74) is 2.29. The summed E-state index contributed by atoms with van der Waals surface area (Å²) >= 11 is 16.6. The Morgan fingerprint density at radius 1 is 0.905 bits per heavy atom. The summed E-state index contributed by atoms with van der Waals surface area (Å²) in [6, 6.07) is 6.16. The normalized spacial score (nSPS) is 10.8. The van der Waals surface area contributed by atoms with Crippen LogP contribution >= 0.6 is 39.1 Å². The van der Waals surface area contributed by atoms with Crippen LogP contribution in [0, 0.1) is 0 Å². The van der Waals surface area contributed by atoms with Gasteiger partial charge in [-0.15, -0.1) is 0 Å². The van der Waals surface area contributed by atoms with Crippen molar-refractivity contribution in [2.75, 3.05) is 26.2 Å². The van der Waals surface area contributed by atoms with E-state index in [-0.39, 0.29) is 21.4 Å². The summed E-state index contributed by atoms with van der Waals surface area (Å²) in [6.45, 7) is 9.82. The number of carbonyl (C=O) groups excluding carboxylic acids is 1. The van der Waals surface area contributed by atoms with Gasteiger partial charge in [0.1, 0.15) is 0 Å². The standard InChI is InChI=1S/C27H31BrCl2N2O4.C2H2O4/c1-4-9-31(10-5-2)11-7-13-36-26-20(29)14-18(15-21(26)30)25(33)24-19(6-3)23(28)22-16-17(27(34)35)8-12-32(22)24;3-1(4)2(5)6/h8,12,14-16H,4-7,9-11,13H2,1-3H3,(H,34,35);(H,3,4)(H,5,6). The Morgan fingerprint density at radius 3 is 1.95 bits per heavy atom. The van der Waals surface area contributed by atoms with E-state index in [2.05, 4.69) is 34.7 Å². The smallest absolute Gasteiger partial charge is 0.414 e. The molecule has 0 aliphatic heterocycles. The van der Waals surface area contributed by atoms with Gasteiger partial charge in [-0.3, -0.25) is 4.79 Å². The van der Waals surface area contributed by atoms with Gasteiger partial charge in [0.15, 0.2) is 5.75 Å². The van der Waals surface area contributed by atoms with Crippen molar-refractivity contribution in [3.63, 3.8) is 0 Å². The molecule has 10 nitrogen and oxygen atoms in total. The number of hydrogen-bond acceptors (Lipinski definition) is 6. The third-order valence-electron chi connectivity index (χ3n) is 6.18. The van der Waals surface area contributed by atoms with Crippen LogP contribution in [0.5, 0.6) is 5.75 Å². The Labute approximate surface area is 261 Å². The summed E-state index contributed by atoms with van der Waals surface area (Å²) < 4.78 is 8.28. The number of carbonyl (C=O) groups is 4. The van der Waals surface area contributed by atoms with Gasteiger partial charge in [-0.1, -0.05) is 44.0 Å². The number of ketones is 1. The van der Waals surface area contributed by atoms with Crippen LogP contribution < -0.4 is 4.74 Å². The average molecular weight is 688 g/mol. The van der Waals surface area contributed by atoms with E-state index in [4.69, 9.17) is 47.7 Å². The number of benzene rings is 1. The van der Waals surface area contributed by atoms with Crippen LogP contribution in [0.4, 0.5) is 0 Å². The molecule has 42 heavy (non-hydrogen) atoms. The van der Waals surface area contributed by atoms with E-state index in [1.54, 1.807) is 28.8 Å². The van der Waals surface area contributed by atoms with Gasteiger partial charge in [-0.2, -0.15) is 0 Å². The molecule has 0 radical (unpaired) electrons. The third kappa shape index (κ3) is 8.94. The molecule has 0 aliphatic rings. The van der Waals surface area contributed by atoms with Crippen LogP contribution in [0.1, 0.15) is 72.0 Å². The quantitative estimate of drug-likeness (QED) is 0.103. The van der Waals surface area contributed by atoms with Gasteiger partial charge >= 0.3 is 17.9 Å². The lowest BCUT2D eigenvalue weighted by Gasteiger charge is -2.21. The van der Waals surface area contributed by atoms with Crippen LogP contribution in [0.15, 0.2) is 34.9 Å². The van der Waals surface area contributed by atoms with Gasteiger partial charge in [-0.05, 0) is 84.5 Å². The van der Waals surface area contributed by atoms with Crippen molar-refractivity contribution in [2.24, 2.45) is 0 Å². The fourth-order valence-electron chi connectivity index (χ4n) is 4.37. The number of rotatable bonds is 13. The van der Waals surface area contributed by atoms with Crippen molar-refractivity contribution in [3.05, 3.63) is 67.4 Å². The molecule has 0 aliphatic carbocycles. The van der Waals surface area contributed by atoms with Gasteiger partial charge in [-0.25, -0.2) is 14.4 Å². The van der Waals surface area contributed by atoms with E-state index in [0.29, 0.717) is 40.0 Å². The number of halogens is 3. The van der Waals surface area contributed by atoms with E-state index >= 15 is 0 Å². The number of carboxylic acids is 3. The molecule has 0 spiro atoms. The van der Waals surface area contributed by atoms with Crippen LogP contribution in [-0.2, 0) is 16.0 Å². The third-order valence-corrected chi connectivity index (χ3v) is 7.62. The minimum Gasteiger partial charge on any atom is -0.490 e. The molecule has 3 rings (SSSR count). The highest BCUT2D eigenvalue weighted by Gasteiger charge is 2.24. The number of aromatic nitrogens is 1. The highest BCUT2D eigenvalue weighted by Crippen LogP contribution is 2.37. The van der Waals surface area contributed by atoms with Gasteiger partial charge in [0.05, 0.1) is 33.4 Å². The fourth-order valence-corrected chi connectivity index (χ4v) is 5.74. The van der Waals surface area contributed by atoms with E-state index < -0.39 is 17.9 Å². The predicted octanol–water partition coefficient (Wildman–Crippen LogP) is 6.55. The van der Waals surface area contributed by atoms with Crippen molar-refractivity contribution in [1.82, 2.24) is 9.30 Å². The molecule has 1 aromatic carbocycles. The number of aliphatic carboxylic acids is 2. The van der Waals surface area contributed by atoms with Crippen LogP contribution in [0.2, 0.25) is 10.0 Å². The van der Waals surface area contributed by atoms with Crippen LogP contribution in [0.3, 0.4) is 0 Å². The number of pyridine rings is 1. The highest BCUT2D eigenvalue weighted by atomic mass is 79.9. The van der Waals surface area contributed by atoms with Crippen molar-refractivity contribution in [2.45, 2.75) is 46.5 Å². The maximum absolute atomic E-state index is 13.6. The molecule has 0 atom stereocenters. The molecule has 0 saturated carbocycles. The Bertz CT molecular complexity index is 1420. The maximum atomic E-state index is 13.6. The number of nitrogens with zero attached hydrogens (tertiary/aromatic N) is 2. The minimum atomic E-state index is -1.82. The van der Waals surface area contributed by atoms with Crippen molar-refractivity contribution in [3.8, 4) is 5.75 Å². The first-order valence-electron chi connectivity index (χ1n) is 13.3. The SMILES string of the molecule is CCCN(CCC)CCCOc1c(Cl)cc(C(=O)c2c(CC)c(Br)c3cc(C(=O)O)ccn23)cc1Cl.O=C(O)C(=O)O. The first-order chi connectivity index (χ1) is 19.9. The molecule has 0 fully saturated rings. The van der Waals surface area contributed by atoms with Gasteiger partial charge in [0, 0.05) is 22.8 Å². The largest absolute Gasteiger partial charge is 0.490 e. The Morgan fingerprint density at radius 2 is 1.48 bits per heavy atom. The molecular weight excluding hydrogens is 655 g/mol. The zero-order chi connectivity index (χ0) is 31.6. The van der Waals surface area contributed by atoms with Crippen LogP contribution in [0.25, 0.3) is 5.52 Å². The molecule has 2 heterocycles. The van der Waals surface area contributed by atoms with E-state index in [1.165, 1.54) is 6.07 Å². The molecule has 0 bridgehead atoms. The lowest BCUT2D eigenvalue weighted by Crippen LogP contribution is -2.27. The Balaban J connectivity index is 0.000000928. The Hall–Kier alpha value is -3.12. The van der Waals surface area contributed by atoms with Crippen LogP contribution in [-0.4, -0.2) is 74.6 Å². The zero-order valence-corrected chi connectivity index (χ0v) is 26.6. The topological polar surface area (TPSA) is 146 Å². The molecule has 2 aromatic heterocycles. The summed E-state index contributed by atoms with van der Waals surface area (Å²) in [7, 11) is 0. The summed E-state index contributed by atoms with van der Waals surface area (Å²) in [5.74, 6) is -4.57. The molecule has 0 saturated heterocycles. The van der Waals surface area contributed by atoms with E-state index in [1.807, 2.05) is 6.92 Å². The average Bonchev–Trinajstić information content (AvgIpc) is 3.22. The van der Waals surface area contributed by atoms with E-state index in [9.17, 15) is 14.7 Å². The molecule has 13 heteroatoms. The van der Waals surface area contributed by atoms with Gasteiger partial charge in [0.25, 0.3) is 0 Å². The van der Waals surface area contributed by atoms with Crippen molar-refractivity contribution >= 4 is 68.3 Å². The lowest BCUT2D eigenvalue weighted by atomic mass is 10.0. The summed E-state index contributed by atoms with van der Waals surface area (Å²) in [6.07, 6.45) is 5.23. The number of hydrogen-bond donors (Lipinski definition) is 3. The first-order valence-corrected chi connectivity index (χ1v) is 14.8. The second-order valence-electron chi connectivity index (χ2n) is 9.22. The molecule has 228 valence electrons. The second-order valence-corrected chi connectivity index (χ2v) is 10.8. The second kappa shape index (κ2) is 16.5. The van der Waals surface area contributed by atoms with Gasteiger partial charge in [0.2, 0.25) is 5.78 Å². The van der Waals surface area contributed by atoms with E-state index in [0.717, 1.165) is 44.5 Å². The minimum absolute atomic E-state index is 0.141. The molecule has 0 amide bonds. The van der Waals surface area contributed by atoms with Gasteiger partial charge < -0.3 is 29.4 Å². The lowest BCUT2D eigenvalue weighted by molar-refractivity contribution is -0.159. The summed E-state index contributed by atoms with van der Waals surface area (Å²) in [4.78, 5) is 45.7. The Kier molecular flexibility index (Phi) is 13.8. The number of aromatic carboxylic acids is 1. The number of fused-ring (bicyclic) bond motifs is 1. The molecule has 3 aromatic rings. The monoisotopic (exact) mass is 686 g/mol. The first kappa shape index (κ1) is 35.1. The summed E-state index contributed by atoms with van der Waals surface area (Å²) in [5, 5.41) is 24.7. The maximum Gasteiger partial charge on any atom is 0.414 e. The molecular formula is C29H33BrCl2N2O8.